The predicted molar refractivity (Wildman–Crippen MR) is 167 cm³/mol. The Balaban J connectivity index is 0.00000148. The monoisotopic (exact) mass is 687 g/mol. The van der Waals surface area contributed by atoms with Crippen LogP contribution in [0, 0.1) is 22.7 Å². The van der Waals surface area contributed by atoms with Crippen LogP contribution < -0.4 is 32.9 Å². The van der Waals surface area contributed by atoms with Crippen molar-refractivity contribution in [2.45, 2.75) is 69.6 Å². The number of hydrogen-bond acceptors (Lipinski definition) is 8. The van der Waals surface area contributed by atoms with Gasteiger partial charge in [-0.15, -0.1) is 0 Å². The molecule has 1 fully saturated rings. The minimum Gasteiger partial charge on any atom is -0.475 e. The Morgan fingerprint density at radius 3 is 2.00 bits per heavy atom. The van der Waals surface area contributed by atoms with Gasteiger partial charge in [-0.1, -0.05) is 43.5 Å². The lowest BCUT2D eigenvalue weighted by Gasteiger charge is -2.32. The molecule has 0 heterocycles. The molecule has 12 N–H and O–H groups in total. The van der Waals surface area contributed by atoms with E-state index in [-0.39, 0.29) is 30.6 Å². The van der Waals surface area contributed by atoms with Crippen molar-refractivity contribution in [3.63, 3.8) is 0 Å². The number of halogens is 3. The number of carboxylic acid groups (broad SMARTS) is 1. The van der Waals surface area contributed by atoms with Gasteiger partial charge in [0.1, 0.15) is 23.8 Å². The number of alkyl halides is 3. The van der Waals surface area contributed by atoms with Crippen LogP contribution in [0.25, 0.3) is 0 Å². The SMILES string of the molecule is CN(C)C(=O)C(Cc1ccc(C(=N)NO)cc1)C(=O)N[C@H](C(=O)NC(CCCNC(=N)N)C(N)=O)C1CCCCC1.O=C(O)C(F)(F)F. The van der Waals surface area contributed by atoms with Crippen LogP contribution in [-0.2, 0) is 30.4 Å². The van der Waals surface area contributed by atoms with Crippen LogP contribution in [0.5, 0.6) is 0 Å². The Hall–Kier alpha value is -4.94. The second-order valence-corrected chi connectivity index (χ2v) is 11.3. The summed E-state index contributed by atoms with van der Waals surface area (Å²) >= 11 is 0. The van der Waals surface area contributed by atoms with Crippen molar-refractivity contribution in [1.82, 2.24) is 26.3 Å². The van der Waals surface area contributed by atoms with Gasteiger partial charge >= 0.3 is 12.1 Å². The highest BCUT2D eigenvalue weighted by Gasteiger charge is 2.38. The third-order valence-corrected chi connectivity index (χ3v) is 7.44. The lowest BCUT2D eigenvalue weighted by atomic mass is 9.83. The van der Waals surface area contributed by atoms with Crippen molar-refractivity contribution in [3.8, 4) is 0 Å². The van der Waals surface area contributed by atoms with Crippen LogP contribution >= 0.6 is 0 Å². The average Bonchev–Trinajstić information content (AvgIpc) is 3.03. The number of nitrogens with zero attached hydrogens (tertiary/aromatic N) is 1. The molecule has 0 saturated heterocycles. The highest BCUT2D eigenvalue weighted by Crippen LogP contribution is 2.27. The Kier molecular flexibility index (Phi) is 16.8. The molecule has 3 atom stereocenters. The molecule has 0 bridgehead atoms. The van der Waals surface area contributed by atoms with E-state index in [2.05, 4.69) is 16.0 Å². The van der Waals surface area contributed by atoms with Gasteiger partial charge in [0.15, 0.2) is 5.96 Å². The quantitative estimate of drug-likeness (QED) is 0.0416. The summed E-state index contributed by atoms with van der Waals surface area (Å²) in [5, 5.41) is 39.1. The second kappa shape index (κ2) is 19.7. The molecule has 0 aromatic heterocycles. The third-order valence-electron chi connectivity index (χ3n) is 7.44. The number of rotatable bonds is 14. The maximum Gasteiger partial charge on any atom is 0.490 e. The summed E-state index contributed by atoms with van der Waals surface area (Å²) in [4.78, 5) is 62.5. The standard InChI is InChI=1S/C27H43N9O5.C2HF3O2/c1-36(2)26(40)19(15-16-10-12-18(13-11-16)22(28)35-41)24(38)34-21(17-7-4-3-5-8-17)25(39)33-20(23(29)37)9-6-14-32-27(30)31;3-2(4,5)1(6)7/h10-13,17,19-21,41H,3-9,14-15H2,1-2H3,(H2,28,35)(H2,29,37)(H,33,39)(H,34,38)(H4,30,31,32);(H,6,7)/t19?,20?,21-;/m0./s1. The van der Waals surface area contributed by atoms with E-state index < -0.39 is 53.8 Å². The largest absolute Gasteiger partial charge is 0.490 e. The first-order valence-corrected chi connectivity index (χ1v) is 15.0. The highest BCUT2D eigenvalue weighted by atomic mass is 19.4. The number of hydroxylamine groups is 1. The fourth-order valence-electron chi connectivity index (χ4n) is 4.91. The molecule has 1 aromatic carbocycles. The van der Waals surface area contributed by atoms with Crippen LogP contribution in [0.3, 0.4) is 0 Å². The van der Waals surface area contributed by atoms with E-state index >= 15 is 0 Å². The number of benzene rings is 1. The molecular weight excluding hydrogens is 643 g/mol. The van der Waals surface area contributed by atoms with E-state index in [1.165, 1.54) is 4.90 Å². The fourth-order valence-corrected chi connectivity index (χ4v) is 4.91. The van der Waals surface area contributed by atoms with Gasteiger partial charge in [0.2, 0.25) is 23.6 Å². The molecule has 1 aliphatic carbocycles. The summed E-state index contributed by atoms with van der Waals surface area (Å²) < 4.78 is 31.7. The Bertz CT molecular complexity index is 1290. The number of carbonyl (C=O) groups excluding carboxylic acids is 4. The number of nitrogens with one attached hydrogen (secondary N) is 6. The molecule has 2 unspecified atom stereocenters. The third kappa shape index (κ3) is 14.2. The van der Waals surface area contributed by atoms with Gasteiger partial charge in [-0.25, -0.2) is 4.79 Å². The van der Waals surface area contributed by atoms with Crippen molar-refractivity contribution in [2.24, 2.45) is 23.3 Å². The van der Waals surface area contributed by atoms with E-state index in [9.17, 15) is 32.3 Å². The van der Waals surface area contributed by atoms with Crippen molar-refractivity contribution in [1.29, 1.82) is 10.8 Å². The van der Waals surface area contributed by atoms with Gasteiger partial charge in [0, 0.05) is 26.2 Å². The lowest BCUT2D eigenvalue weighted by Crippen LogP contribution is -2.57. The molecule has 0 aliphatic heterocycles. The number of aliphatic carboxylic acids is 1. The molecule has 0 spiro atoms. The molecule has 4 amide bonds. The van der Waals surface area contributed by atoms with Crippen LogP contribution in [0.4, 0.5) is 13.2 Å². The summed E-state index contributed by atoms with van der Waals surface area (Å²) in [6.07, 6.45) is -0.175. The Morgan fingerprint density at radius 1 is 0.979 bits per heavy atom. The molecular formula is C29H44F3N9O7. The van der Waals surface area contributed by atoms with Crippen molar-refractivity contribution < 1.29 is 47.5 Å². The van der Waals surface area contributed by atoms with Gasteiger partial charge in [-0.2, -0.15) is 13.2 Å². The van der Waals surface area contributed by atoms with E-state index in [0.717, 1.165) is 19.3 Å². The summed E-state index contributed by atoms with van der Waals surface area (Å²) in [6.45, 7) is 0.324. The van der Waals surface area contributed by atoms with Crippen LogP contribution in [0.1, 0.15) is 56.1 Å². The first-order valence-electron chi connectivity index (χ1n) is 15.0. The summed E-state index contributed by atoms with van der Waals surface area (Å²) in [6, 6.07) is 4.55. The van der Waals surface area contributed by atoms with Gasteiger partial charge in [0.05, 0.1) is 0 Å². The minimum atomic E-state index is -5.08. The summed E-state index contributed by atoms with van der Waals surface area (Å²) in [7, 11) is 3.09. The van der Waals surface area contributed by atoms with Crippen LogP contribution in [-0.4, -0.2) is 95.5 Å². The van der Waals surface area contributed by atoms with Gasteiger partial charge in [-0.05, 0) is 43.6 Å². The first-order chi connectivity index (χ1) is 22.4. The molecule has 2 rings (SSSR count). The zero-order valence-electron chi connectivity index (χ0n) is 26.7. The summed E-state index contributed by atoms with van der Waals surface area (Å²) in [5.41, 5.74) is 13.7. The normalized spacial score (nSPS) is 14.9. The van der Waals surface area contributed by atoms with Crippen molar-refractivity contribution in [3.05, 3.63) is 35.4 Å². The molecule has 48 heavy (non-hydrogen) atoms. The number of amidine groups is 1. The van der Waals surface area contributed by atoms with Crippen molar-refractivity contribution >= 4 is 41.4 Å². The maximum absolute atomic E-state index is 13.6. The number of hydrogen-bond donors (Lipinski definition) is 10. The number of carboxylic acids is 1. The zero-order valence-corrected chi connectivity index (χ0v) is 26.7. The lowest BCUT2D eigenvalue weighted by molar-refractivity contribution is -0.192. The number of primary amides is 1. The van der Waals surface area contributed by atoms with E-state index in [1.807, 2.05) is 0 Å². The van der Waals surface area contributed by atoms with Gasteiger partial charge < -0.3 is 37.4 Å². The van der Waals surface area contributed by atoms with E-state index in [1.54, 1.807) is 43.8 Å². The second-order valence-electron chi connectivity index (χ2n) is 11.3. The van der Waals surface area contributed by atoms with Gasteiger partial charge in [0.25, 0.3) is 0 Å². The van der Waals surface area contributed by atoms with E-state index in [0.29, 0.717) is 36.9 Å². The smallest absolute Gasteiger partial charge is 0.475 e. The molecule has 1 aromatic rings. The topological polar surface area (TPSA) is 277 Å². The molecule has 268 valence electrons. The molecule has 19 heteroatoms. The van der Waals surface area contributed by atoms with Gasteiger partial charge in [-0.3, -0.25) is 40.7 Å². The zero-order chi connectivity index (χ0) is 36.6. The fraction of sp³-hybridized carbons (Fsp3) is 0.552. The first kappa shape index (κ1) is 41.1. The van der Waals surface area contributed by atoms with Crippen LogP contribution in [0.15, 0.2) is 24.3 Å². The molecule has 16 nitrogen and oxygen atoms in total. The van der Waals surface area contributed by atoms with E-state index in [4.69, 9.17) is 37.4 Å². The Labute approximate surface area is 275 Å². The minimum absolute atomic E-state index is 0.0507. The number of amides is 4. The Morgan fingerprint density at radius 2 is 1.54 bits per heavy atom. The predicted octanol–water partition coefficient (Wildman–Crippen LogP) is 0.169. The number of guanidine groups is 1. The molecule has 1 aliphatic rings. The molecule has 0 radical (unpaired) electrons. The highest BCUT2D eigenvalue weighted by molar-refractivity contribution is 6.02. The summed E-state index contributed by atoms with van der Waals surface area (Å²) in [5.74, 6) is -6.76. The average molecular weight is 688 g/mol. The molecule has 1 saturated carbocycles. The van der Waals surface area contributed by atoms with Crippen molar-refractivity contribution in [2.75, 3.05) is 20.6 Å². The number of nitrogens with two attached hydrogens (primary N) is 2. The number of carbonyl (C=O) groups is 5. The maximum atomic E-state index is 13.6. The van der Waals surface area contributed by atoms with Crippen LogP contribution in [0.2, 0.25) is 0 Å².